The van der Waals surface area contributed by atoms with Gasteiger partial charge in [0, 0.05) is 22.9 Å². The summed E-state index contributed by atoms with van der Waals surface area (Å²) >= 11 is 6.38. The minimum absolute atomic E-state index is 0.0283. The van der Waals surface area contributed by atoms with Crippen LogP contribution in [-0.2, 0) is 0 Å². The van der Waals surface area contributed by atoms with Gasteiger partial charge in [-0.2, -0.15) is 0 Å². The molecule has 0 aliphatic carbocycles. The average Bonchev–Trinajstić information content (AvgIpc) is 3.23. The van der Waals surface area contributed by atoms with E-state index in [1.54, 1.807) is 12.3 Å². The van der Waals surface area contributed by atoms with E-state index >= 15 is 0 Å². The third kappa shape index (κ3) is 3.38. The van der Waals surface area contributed by atoms with Crippen molar-refractivity contribution in [3.63, 3.8) is 0 Å². The third-order valence-corrected chi connectivity index (χ3v) is 5.28. The van der Waals surface area contributed by atoms with Crippen molar-refractivity contribution >= 4 is 28.4 Å². The number of rotatable bonds is 4. The molecule has 5 heteroatoms. The Labute approximate surface area is 178 Å². The van der Waals surface area contributed by atoms with Crippen LogP contribution < -0.4 is 0 Å². The molecule has 0 saturated heterocycles. The average molecular weight is 410 g/mol. The maximum Gasteiger partial charge on any atom is 0.193 e. The summed E-state index contributed by atoms with van der Waals surface area (Å²) in [6.07, 6.45) is 1.75. The van der Waals surface area contributed by atoms with Gasteiger partial charge in [0.05, 0.1) is 16.6 Å². The van der Waals surface area contributed by atoms with E-state index in [4.69, 9.17) is 11.6 Å². The van der Waals surface area contributed by atoms with Gasteiger partial charge < -0.3 is 4.98 Å². The van der Waals surface area contributed by atoms with Gasteiger partial charge in [0.15, 0.2) is 5.78 Å². The van der Waals surface area contributed by atoms with Gasteiger partial charge in [-0.15, -0.1) is 0 Å². The van der Waals surface area contributed by atoms with Gasteiger partial charge in [-0.1, -0.05) is 72.3 Å². The highest BCUT2D eigenvalue weighted by Crippen LogP contribution is 2.30. The lowest BCUT2D eigenvalue weighted by Crippen LogP contribution is -2.00. The lowest BCUT2D eigenvalue weighted by atomic mass is 10.0. The smallest absolute Gasteiger partial charge is 0.193 e. The Balaban J connectivity index is 1.55. The highest BCUT2D eigenvalue weighted by Gasteiger charge is 2.14. The third-order valence-electron chi connectivity index (χ3n) is 4.98. The van der Waals surface area contributed by atoms with Crippen LogP contribution in [-0.4, -0.2) is 20.7 Å². The normalized spacial score (nSPS) is 11.0. The van der Waals surface area contributed by atoms with E-state index in [9.17, 15) is 4.79 Å². The molecule has 3 aromatic carbocycles. The number of hydrogen-bond donors (Lipinski definition) is 1. The monoisotopic (exact) mass is 409 g/mol. The number of H-pyrrole nitrogens is 1. The van der Waals surface area contributed by atoms with Crippen molar-refractivity contribution in [3.05, 3.63) is 107 Å². The Hall–Kier alpha value is -3.76. The molecule has 0 unspecified atom stereocenters. The fraction of sp³-hybridized carbons (Fsp3) is 0. The van der Waals surface area contributed by atoms with E-state index < -0.39 is 0 Å². The Morgan fingerprint density at radius 1 is 0.800 bits per heavy atom. The molecule has 30 heavy (non-hydrogen) atoms. The molecular formula is C25H16ClN3O. The SMILES string of the molecule is O=C(c1ccccc1)c1ccc2nc(-c3cc(-c4ccccc4)cnc3Cl)[nH]c2c1. The minimum atomic E-state index is -0.0283. The molecule has 2 aromatic heterocycles. The van der Waals surface area contributed by atoms with Crippen molar-refractivity contribution in [2.75, 3.05) is 0 Å². The van der Waals surface area contributed by atoms with Crippen LogP contribution in [0, 0.1) is 0 Å². The molecule has 0 spiro atoms. The number of imidazole rings is 1. The van der Waals surface area contributed by atoms with E-state index in [1.165, 1.54) is 0 Å². The minimum Gasteiger partial charge on any atom is -0.338 e. The summed E-state index contributed by atoms with van der Waals surface area (Å²) in [5.74, 6) is 0.587. The number of nitrogens with zero attached hydrogens (tertiary/aromatic N) is 2. The van der Waals surface area contributed by atoms with Gasteiger partial charge in [-0.05, 0) is 29.8 Å². The Morgan fingerprint density at radius 3 is 2.30 bits per heavy atom. The van der Waals surface area contributed by atoms with Gasteiger partial charge in [-0.25, -0.2) is 9.97 Å². The van der Waals surface area contributed by atoms with Crippen LogP contribution in [0.5, 0.6) is 0 Å². The standard InChI is InChI=1S/C25H16ClN3O/c26-24-20(13-19(15-27-24)16-7-3-1-4-8-16)25-28-21-12-11-18(14-22(21)29-25)23(30)17-9-5-2-6-10-17/h1-15H,(H,28,29). The first-order valence-corrected chi connectivity index (χ1v) is 9.88. The van der Waals surface area contributed by atoms with Crippen LogP contribution in [0.1, 0.15) is 15.9 Å². The van der Waals surface area contributed by atoms with Crippen molar-refractivity contribution in [1.29, 1.82) is 0 Å². The number of hydrogen-bond acceptors (Lipinski definition) is 3. The number of pyridine rings is 1. The maximum absolute atomic E-state index is 12.8. The summed E-state index contributed by atoms with van der Waals surface area (Å²) < 4.78 is 0. The number of nitrogens with one attached hydrogen (secondary N) is 1. The van der Waals surface area contributed by atoms with Gasteiger partial charge >= 0.3 is 0 Å². The fourth-order valence-corrected chi connectivity index (χ4v) is 3.63. The van der Waals surface area contributed by atoms with Crippen LogP contribution in [0.3, 0.4) is 0 Å². The van der Waals surface area contributed by atoms with Crippen LogP contribution in [0.15, 0.2) is 91.1 Å². The molecule has 0 aliphatic rings. The summed E-state index contributed by atoms with van der Waals surface area (Å²) in [6, 6.07) is 26.6. The van der Waals surface area contributed by atoms with Crippen molar-refractivity contribution in [3.8, 4) is 22.5 Å². The van der Waals surface area contributed by atoms with E-state index in [2.05, 4.69) is 15.0 Å². The summed E-state index contributed by atoms with van der Waals surface area (Å²) in [5.41, 5.74) is 5.50. The zero-order valence-electron chi connectivity index (χ0n) is 15.8. The van der Waals surface area contributed by atoms with Crippen LogP contribution >= 0.6 is 11.6 Å². The summed E-state index contributed by atoms with van der Waals surface area (Å²) in [4.78, 5) is 25.0. The molecule has 4 nitrogen and oxygen atoms in total. The first-order valence-electron chi connectivity index (χ1n) is 9.50. The molecule has 144 valence electrons. The van der Waals surface area contributed by atoms with Gasteiger partial charge in [0.1, 0.15) is 11.0 Å². The lowest BCUT2D eigenvalue weighted by Gasteiger charge is -2.05. The number of aromatic amines is 1. The largest absolute Gasteiger partial charge is 0.338 e. The molecule has 5 rings (SSSR count). The molecular weight excluding hydrogens is 394 g/mol. The van der Waals surface area contributed by atoms with E-state index in [-0.39, 0.29) is 5.78 Å². The number of halogens is 1. The fourth-order valence-electron chi connectivity index (χ4n) is 3.44. The summed E-state index contributed by atoms with van der Waals surface area (Å²) in [6.45, 7) is 0. The highest BCUT2D eigenvalue weighted by molar-refractivity contribution is 6.32. The molecule has 0 radical (unpaired) electrons. The second kappa shape index (κ2) is 7.58. The zero-order chi connectivity index (χ0) is 20.5. The Kier molecular flexibility index (Phi) is 4.62. The first-order chi connectivity index (χ1) is 14.7. The second-order valence-electron chi connectivity index (χ2n) is 6.94. The number of carbonyl (C=O) groups excluding carboxylic acids is 1. The van der Waals surface area contributed by atoms with Gasteiger partial charge in [0.2, 0.25) is 0 Å². The molecule has 1 N–H and O–H groups in total. The quantitative estimate of drug-likeness (QED) is 0.285. The number of aromatic nitrogens is 3. The number of ketones is 1. The molecule has 5 aromatic rings. The predicted molar refractivity (Wildman–Crippen MR) is 120 cm³/mol. The maximum atomic E-state index is 12.8. The van der Waals surface area contributed by atoms with E-state index in [0.29, 0.717) is 27.7 Å². The van der Waals surface area contributed by atoms with Gasteiger partial charge in [0.25, 0.3) is 0 Å². The number of carbonyl (C=O) groups is 1. The highest BCUT2D eigenvalue weighted by atomic mass is 35.5. The van der Waals surface area contributed by atoms with Crippen molar-refractivity contribution in [1.82, 2.24) is 15.0 Å². The number of benzene rings is 3. The Bertz CT molecular complexity index is 1360. The lowest BCUT2D eigenvalue weighted by molar-refractivity contribution is 0.103. The number of fused-ring (bicyclic) bond motifs is 1. The topological polar surface area (TPSA) is 58.6 Å². The summed E-state index contributed by atoms with van der Waals surface area (Å²) in [7, 11) is 0. The second-order valence-corrected chi connectivity index (χ2v) is 7.30. The molecule has 0 atom stereocenters. The van der Waals surface area contributed by atoms with Gasteiger partial charge in [-0.3, -0.25) is 4.79 Å². The van der Waals surface area contributed by atoms with Crippen molar-refractivity contribution in [2.24, 2.45) is 0 Å². The first kappa shape index (κ1) is 18.3. The van der Waals surface area contributed by atoms with Crippen LogP contribution in [0.25, 0.3) is 33.5 Å². The molecule has 0 aliphatic heterocycles. The van der Waals surface area contributed by atoms with Crippen LogP contribution in [0.4, 0.5) is 0 Å². The van der Waals surface area contributed by atoms with E-state index in [0.717, 1.165) is 22.2 Å². The zero-order valence-corrected chi connectivity index (χ0v) is 16.6. The van der Waals surface area contributed by atoms with Crippen LogP contribution in [0.2, 0.25) is 5.15 Å². The molecule has 0 amide bonds. The molecule has 0 bridgehead atoms. The van der Waals surface area contributed by atoms with Crippen molar-refractivity contribution in [2.45, 2.75) is 0 Å². The van der Waals surface area contributed by atoms with E-state index in [1.807, 2.05) is 78.9 Å². The Morgan fingerprint density at radius 2 is 1.53 bits per heavy atom. The molecule has 0 fully saturated rings. The predicted octanol–water partition coefficient (Wildman–Crippen LogP) is 6.18. The molecule has 0 saturated carbocycles. The molecule has 2 heterocycles. The summed E-state index contributed by atoms with van der Waals surface area (Å²) in [5, 5.41) is 0.370. The van der Waals surface area contributed by atoms with Crippen molar-refractivity contribution < 1.29 is 4.79 Å².